The molecule has 7 heteroatoms. The maximum atomic E-state index is 12.7. The van der Waals surface area contributed by atoms with Gasteiger partial charge in [0.1, 0.15) is 5.75 Å². The Labute approximate surface area is 172 Å². The molecule has 0 spiro atoms. The zero-order valence-corrected chi connectivity index (χ0v) is 16.9. The number of hydrogen-bond acceptors (Lipinski definition) is 5. The van der Waals surface area contributed by atoms with Crippen LogP contribution < -0.4 is 10.1 Å². The van der Waals surface area contributed by atoms with Gasteiger partial charge in [0.25, 0.3) is 0 Å². The third-order valence-corrected chi connectivity index (χ3v) is 5.49. The number of nitrogens with zero attached hydrogens (tertiary/aromatic N) is 2. The number of anilines is 1. The van der Waals surface area contributed by atoms with Crippen LogP contribution in [0.5, 0.6) is 5.75 Å². The summed E-state index contributed by atoms with van der Waals surface area (Å²) in [5.74, 6) is 1.33. The molecule has 0 radical (unpaired) electrons. The topological polar surface area (TPSA) is 79.9 Å². The van der Waals surface area contributed by atoms with Crippen LogP contribution >= 0.6 is 11.8 Å². The van der Waals surface area contributed by atoms with Crippen LogP contribution in [0.3, 0.4) is 0 Å². The maximum absolute atomic E-state index is 12.7. The molecule has 2 N–H and O–H groups in total. The van der Waals surface area contributed by atoms with Gasteiger partial charge in [-0.25, -0.2) is 4.98 Å². The number of aromatic nitrogens is 3. The molecule has 0 saturated carbocycles. The number of benzene rings is 3. The Morgan fingerprint density at radius 3 is 2.62 bits per heavy atom. The number of carbonyl (C=O) groups excluding carboxylic acids is 1. The summed E-state index contributed by atoms with van der Waals surface area (Å²) in [6, 6.07) is 21.4. The maximum Gasteiger partial charge on any atom is 0.237 e. The van der Waals surface area contributed by atoms with Crippen LogP contribution in [-0.2, 0) is 4.79 Å². The van der Waals surface area contributed by atoms with Crippen LogP contribution in [0.4, 0.5) is 5.69 Å². The lowest BCUT2D eigenvalue weighted by molar-refractivity contribution is -0.115. The fourth-order valence-corrected chi connectivity index (χ4v) is 3.68. The quantitative estimate of drug-likeness (QED) is 0.453. The fourth-order valence-electron chi connectivity index (χ4n) is 2.96. The van der Waals surface area contributed by atoms with E-state index in [9.17, 15) is 4.79 Å². The molecule has 0 aliphatic rings. The van der Waals surface area contributed by atoms with Crippen molar-refractivity contribution in [2.45, 2.75) is 17.3 Å². The monoisotopic (exact) mass is 404 g/mol. The van der Waals surface area contributed by atoms with Gasteiger partial charge in [0.2, 0.25) is 11.1 Å². The summed E-state index contributed by atoms with van der Waals surface area (Å²) in [5, 5.41) is 12.4. The normalized spacial score (nSPS) is 11.9. The number of fused-ring (bicyclic) bond motifs is 1. The first-order chi connectivity index (χ1) is 14.1. The first-order valence-corrected chi connectivity index (χ1v) is 10.0. The predicted molar refractivity (Wildman–Crippen MR) is 116 cm³/mol. The zero-order chi connectivity index (χ0) is 20.2. The molecule has 0 bridgehead atoms. The SMILES string of the molecule is COc1ccc(-c2nc(SC(C)C(=O)Nc3cccc4ccccc34)n[nH]2)cc1. The minimum Gasteiger partial charge on any atom is -0.497 e. The van der Waals surface area contributed by atoms with Gasteiger partial charge in [-0.1, -0.05) is 48.2 Å². The number of ether oxygens (including phenoxy) is 1. The van der Waals surface area contributed by atoms with Crippen molar-refractivity contribution in [1.82, 2.24) is 15.2 Å². The van der Waals surface area contributed by atoms with E-state index in [2.05, 4.69) is 20.5 Å². The summed E-state index contributed by atoms with van der Waals surface area (Å²) < 4.78 is 5.17. The zero-order valence-electron chi connectivity index (χ0n) is 16.0. The molecule has 4 aromatic rings. The Hall–Kier alpha value is -3.32. The number of rotatable bonds is 6. The molecule has 0 aliphatic carbocycles. The molecule has 1 heterocycles. The highest BCUT2D eigenvalue weighted by molar-refractivity contribution is 8.00. The van der Waals surface area contributed by atoms with Crippen molar-refractivity contribution >= 4 is 34.1 Å². The number of H-pyrrole nitrogens is 1. The van der Waals surface area contributed by atoms with E-state index in [1.807, 2.05) is 73.7 Å². The number of hydrogen-bond donors (Lipinski definition) is 2. The summed E-state index contributed by atoms with van der Waals surface area (Å²) in [7, 11) is 1.63. The summed E-state index contributed by atoms with van der Waals surface area (Å²) in [6.45, 7) is 1.84. The van der Waals surface area contributed by atoms with Gasteiger partial charge in [-0.15, -0.1) is 5.10 Å². The highest BCUT2D eigenvalue weighted by atomic mass is 32.2. The van der Waals surface area contributed by atoms with E-state index < -0.39 is 0 Å². The lowest BCUT2D eigenvalue weighted by Gasteiger charge is -2.12. The average molecular weight is 404 g/mol. The minimum atomic E-state index is -0.353. The Morgan fingerprint density at radius 2 is 1.83 bits per heavy atom. The smallest absolute Gasteiger partial charge is 0.237 e. The number of nitrogens with one attached hydrogen (secondary N) is 2. The molecule has 3 aromatic carbocycles. The van der Waals surface area contributed by atoms with Gasteiger partial charge < -0.3 is 10.1 Å². The molecule has 0 saturated heterocycles. The molecule has 0 aliphatic heterocycles. The standard InChI is InChI=1S/C22H20N4O2S/c1-14(21(27)23-19-9-5-7-15-6-3-4-8-18(15)19)29-22-24-20(25-26-22)16-10-12-17(28-2)13-11-16/h3-14H,1-2H3,(H,23,27)(H,24,25,26). The minimum absolute atomic E-state index is 0.0952. The summed E-state index contributed by atoms with van der Waals surface area (Å²) >= 11 is 1.31. The van der Waals surface area contributed by atoms with Crippen molar-refractivity contribution in [1.29, 1.82) is 0 Å². The Kier molecular flexibility index (Phi) is 5.48. The molecule has 29 heavy (non-hydrogen) atoms. The van der Waals surface area contributed by atoms with Crippen molar-refractivity contribution in [3.8, 4) is 17.1 Å². The lowest BCUT2D eigenvalue weighted by atomic mass is 10.1. The molecule has 4 rings (SSSR count). The Morgan fingerprint density at radius 1 is 1.07 bits per heavy atom. The van der Waals surface area contributed by atoms with E-state index in [-0.39, 0.29) is 11.2 Å². The number of methoxy groups -OCH3 is 1. The molecule has 1 aromatic heterocycles. The first kappa shape index (κ1) is 19.0. The molecular formula is C22H20N4O2S. The van der Waals surface area contributed by atoms with Crippen LogP contribution in [0.25, 0.3) is 22.2 Å². The van der Waals surface area contributed by atoms with Crippen molar-refractivity contribution < 1.29 is 9.53 Å². The van der Waals surface area contributed by atoms with Crippen molar-refractivity contribution in [3.05, 3.63) is 66.7 Å². The van der Waals surface area contributed by atoms with Crippen molar-refractivity contribution in [2.24, 2.45) is 0 Å². The van der Waals surface area contributed by atoms with Crippen LogP contribution in [-0.4, -0.2) is 33.4 Å². The van der Waals surface area contributed by atoms with Gasteiger partial charge in [-0.05, 0) is 42.6 Å². The van der Waals surface area contributed by atoms with Crippen molar-refractivity contribution in [3.63, 3.8) is 0 Å². The van der Waals surface area contributed by atoms with Crippen molar-refractivity contribution in [2.75, 3.05) is 12.4 Å². The average Bonchev–Trinajstić information content (AvgIpc) is 3.22. The molecule has 1 atom stereocenters. The van der Waals surface area contributed by atoms with Gasteiger partial charge >= 0.3 is 0 Å². The second-order valence-corrected chi connectivity index (χ2v) is 7.78. The predicted octanol–water partition coefficient (Wildman–Crippen LogP) is 4.75. The Bertz CT molecular complexity index is 1140. The number of thioether (sulfide) groups is 1. The summed E-state index contributed by atoms with van der Waals surface area (Å²) in [5.41, 5.74) is 1.70. The number of amides is 1. The van der Waals surface area contributed by atoms with E-state index in [1.165, 1.54) is 11.8 Å². The van der Waals surface area contributed by atoms with Gasteiger partial charge in [0, 0.05) is 16.6 Å². The van der Waals surface area contributed by atoms with E-state index >= 15 is 0 Å². The second-order valence-electron chi connectivity index (χ2n) is 6.47. The molecule has 6 nitrogen and oxygen atoms in total. The Balaban J connectivity index is 1.44. The largest absolute Gasteiger partial charge is 0.497 e. The third kappa shape index (κ3) is 4.25. The fraction of sp³-hybridized carbons (Fsp3) is 0.136. The van der Waals surface area contributed by atoms with Gasteiger partial charge in [-0.3, -0.25) is 9.89 Å². The van der Waals surface area contributed by atoms with E-state index in [1.54, 1.807) is 7.11 Å². The van der Waals surface area contributed by atoms with E-state index in [4.69, 9.17) is 4.74 Å². The molecular weight excluding hydrogens is 384 g/mol. The van der Waals surface area contributed by atoms with Gasteiger partial charge in [-0.2, -0.15) is 0 Å². The van der Waals surface area contributed by atoms with Gasteiger partial charge in [0.15, 0.2) is 5.82 Å². The molecule has 1 amide bonds. The number of carbonyl (C=O) groups is 1. The number of aromatic amines is 1. The van der Waals surface area contributed by atoms with Crippen LogP contribution in [0.2, 0.25) is 0 Å². The molecule has 1 unspecified atom stereocenters. The highest BCUT2D eigenvalue weighted by Gasteiger charge is 2.18. The van der Waals surface area contributed by atoms with Crippen LogP contribution in [0.1, 0.15) is 6.92 Å². The van der Waals surface area contributed by atoms with Gasteiger partial charge in [0.05, 0.1) is 12.4 Å². The second kappa shape index (κ2) is 8.36. The van der Waals surface area contributed by atoms with Crippen LogP contribution in [0, 0.1) is 0 Å². The van der Waals surface area contributed by atoms with Crippen LogP contribution in [0.15, 0.2) is 71.9 Å². The molecule has 146 valence electrons. The van der Waals surface area contributed by atoms with E-state index in [0.717, 1.165) is 27.8 Å². The highest BCUT2D eigenvalue weighted by Crippen LogP contribution is 2.27. The summed E-state index contributed by atoms with van der Waals surface area (Å²) in [4.78, 5) is 17.2. The molecule has 0 fully saturated rings. The summed E-state index contributed by atoms with van der Waals surface area (Å²) in [6.07, 6.45) is 0. The lowest BCUT2D eigenvalue weighted by Crippen LogP contribution is -2.22. The van der Waals surface area contributed by atoms with E-state index in [0.29, 0.717) is 11.0 Å². The first-order valence-electron chi connectivity index (χ1n) is 9.16. The third-order valence-electron chi connectivity index (χ3n) is 4.53.